The molecule has 2 atom stereocenters. The predicted octanol–water partition coefficient (Wildman–Crippen LogP) is 6.20. The van der Waals surface area contributed by atoms with E-state index in [1.807, 2.05) is 18.2 Å². The molecule has 0 radical (unpaired) electrons. The van der Waals surface area contributed by atoms with Gasteiger partial charge in [0.05, 0.1) is 30.7 Å². The van der Waals surface area contributed by atoms with Gasteiger partial charge in [-0.1, -0.05) is 32.8 Å². The first kappa shape index (κ1) is 41.6. The molecule has 0 aliphatic carbocycles. The summed E-state index contributed by atoms with van der Waals surface area (Å²) in [6, 6.07) is 6.25. The van der Waals surface area contributed by atoms with Crippen LogP contribution in [0, 0.1) is 10.8 Å². The van der Waals surface area contributed by atoms with Crippen molar-refractivity contribution in [2.75, 3.05) is 59.0 Å². The van der Waals surface area contributed by atoms with E-state index >= 15 is 0 Å². The lowest BCUT2D eigenvalue weighted by molar-refractivity contribution is -0.165. The Morgan fingerprint density at radius 1 is 0.844 bits per heavy atom. The number of ether oxygens (including phenoxy) is 5. The largest absolute Gasteiger partial charge is 0.464 e. The molecule has 0 saturated carbocycles. The van der Waals surface area contributed by atoms with E-state index in [9.17, 15) is 14.4 Å². The van der Waals surface area contributed by atoms with Crippen molar-refractivity contribution < 1.29 is 38.1 Å². The summed E-state index contributed by atoms with van der Waals surface area (Å²) in [5.74, 6) is -0.890. The predicted molar refractivity (Wildman–Crippen MR) is 184 cm³/mol. The Morgan fingerprint density at radius 2 is 1.47 bits per heavy atom. The van der Waals surface area contributed by atoms with E-state index in [1.165, 1.54) is 21.6 Å². The molecular formula is C32H53BrN2O8S2. The zero-order valence-corrected chi connectivity index (χ0v) is 31.6. The first-order chi connectivity index (χ1) is 21.1. The minimum Gasteiger partial charge on any atom is -0.464 e. The van der Waals surface area contributed by atoms with Crippen molar-refractivity contribution in [1.82, 2.24) is 9.88 Å². The Balaban J connectivity index is 2.94. The second kappa shape index (κ2) is 20.8. The van der Waals surface area contributed by atoms with Gasteiger partial charge in [0.25, 0.3) is 0 Å². The number of rotatable bonds is 23. The van der Waals surface area contributed by atoms with Gasteiger partial charge in [-0.05, 0) is 91.2 Å². The van der Waals surface area contributed by atoms with E-state index in [0.717, 1.165) is 5.03 Å². The fourth-order valence-electron chi connectivity index (χ4n) is 5.04. The van der Waals surface area contributed by atoms with Crippen LogP contribution in [0.3, 0.4) is 0 Å². The van der Waals surface area contributed by atoms with Crippen LogP contribution < -0.4 is 0 Å². The number of hydrogen-bond donors (Lipinski definition) is 0. The van der Waals surface area contributed by atoms with Crippen LogP contribution in [0.4, 0.5) is 0 Å². The number of nitrogens with zero attached hydrogens (tertiary/aromatic N) is 2. The third-order valence-electron chi connectivity index (χ3n) is 7.01. The van der Waals surface area contributed by atoms with Crippen LogP contribution in [0.15, 0.2) is 29.4 Å². The van der Waals surface area contributed by atoms with E-state index in [2.05, 4.69) is 53.5 Å². The summed E-state index contributed by atoms with van der Waals surface area (Å²) in [4.78, 5) is 46.6. The van der Waals surface area contributed by atoms with E-state index in [0.29, 0.717) is 25.5 Å². The van der Waals surface area contributed by atoms with Crippen LogP contribution in [0.1, 0.15) is 68.2 Å². The Kier molecular flexibility index (Phi) is 19.2. The van der Waals surface area contributed by atoms with Crippen LogP contribution in [-0.4, -0.2) is 103 Å². The molecule has 2 unspecified atom stereocenters. The first-order valence-corrected chi connectivity index (χ1v) is 18.4. The molecule has 10 nitrogen and oxygen atoms in total. The second-order valence-electron chi connectivity index (χ2n) is 12.5. The summed E-state index contributed by atoms with van der Waals surface area (Å²) in [5.41, 5.74) is -2.28. The smallest absolute Gasteiger partial charge is 0.322 e. The number of carbonyl (C=O) groups excluding carboxylic acids is 3. The summed E-state index contributed by atoms with van der Waals surface area (Å²) in [5, 5.41) is 0.873. The number of hydrogen-bond acceptors (Lipinski definition) is 12. The van der Waals surface area contributed by atoms with Gasteiger partial charge in [0, 0.05) is 37.7 Å². The molecule has 258 valence electrons. The third-order valence-corrected chi connectivity index (χ3v) is 9.84. The molecule has 0 spiro atoms. The van der Waals surface area contributed by atoms with Gasteiger partial charge in [-0.15, -0.1) is 0 Å². The monoisotopic (exact) mass is 736 g/mol. The second-order valence-corrected chi connectivity index (χ2v) is 16.7. The zero-order valence-electron chi connectivity index (χ0n) is 28.4. The number of halogens is 1. The first-order valence-electron chi connectivity index (χ1n) is 15.3. The van der Waals surface area contributed by atoms with Crippen LogP contribution in [0.5, 0.6) is 0 Å². The standard InChI is InChI=1S/C32H53BrN2O8S2/c1-24(2)35(25(3)4)14-15-41-28(37)31(7,22-30(5,6)27(36)42-19-18-40-17-16-39-9)23-32(8,33)29(38)43-20-21-44-45-26-12-10-11-13-34-26/h10-13,24-25H,14-23H2,1-9H3. The van der Waals surface area contributed by atoms with Crippen molar-refractivity contribution in [3.05, 3.63) is 24.4 Å². The molecule has 0 bridgehead atoms. The molecule has 0 fully saturated rings. The van der Waals surface area contributed by atoms with E-state index in [1.54, 1.807) is 41.0 Å². The quantitative estimate of drug-likeness (QED) is 0.0419. The van der Waals surface area contributed by atoms with Crippen molar-refractivity contribution in [1.29, 1.82) is 0 Å². The lowest BCUT2D eigenvalue weighted by atomic mass is 9.69. The topological polar surface area (TPSA) is 113 Å². The van der Waals surface area contributed by atoms with Crippen LogP contribution in [0.25, 0.3) is 0 Å². The zero-order chi connectivity index (χ0) is 34.1. The summed E-state index contributed by atoms with van der Waals surface area (Å²) in [6.07, 6.45) is 1.86. The van der Waals surface area contributed by atoms with Crippen LogP contribution >= 0.6 is 37.5 Å². The van der Waals surface area contributed by atoms with Crippen molar-refractivity contribution in [2.45, 2.75) is 89.7 Å². The van der Waals surface area contributed by atoms with Crippen molar-refractivity contribution in [3.63, 3.8) is 0 Å². The van der Waals surface area contributed by atoms with Gasteiger partial charge < -0.3 is 23.7 Å². The van der Waals surface area contributed by atoms with E-state index in [4.69, 9.17) is 23.7 Å². The number of methoxy groups -OCH3 is 1. The summed E-state index contributed by atoms with van der Waals surface area (Å²) in [7, 11) is 4.62. The fraction of sp³-hybridized carbons (Fsp3) is 0.750. The molecule has 0 N–H and O–H groups in total. The molecule has 0 aliphatic rings. The summed E-state index contributed by atoms with van der Waals surface area (Å²) >= 11 is 3.55. The van der Waals surface area contributed by atoms with E-state index < -0.39 is 33.1 Å². The number of pyridine rings is 1. The Hall–Kier alpha value is -1.38. The fourth-order valence-corrected chi connectivity index (χ4v) is 7.48. The Morgan fingerprint density at radius 3 is 2.07 bits per heavy atom. The van der Waals surface area contributed by atoms with Crippen molar-refractivity contribution in [3.8, 4) is 0 Å². The summed E-state index contributed by atoms with van der Waals surface area (Å²) in [6.45, 7) is 17.3. The average Bonchev–Trinajstić information content (AvgIpc) is 2.96. The van der Waals surface area contributed by atoms with Crippen LogP contribution in [-0.2, 0) is 38.1 Å². The van der Waals surface area contributed by atoms with E-state index in [-0.39, 0.29) is 51.4 Å². The van der Waals surface area contributed by atoms with Crippen molar-refractivity contribution in [2.24, 2.45) is 10.8 Å². The van der Waals surface area contributed by atoms with Crippen LogP contribution in [0.2, 0.25) is 0 Å². The van der Waals surface area contributed by atoms with Gasteiger partial charge in [-0.25, -0.2) is 4.98 Å². The average molecular weight is 738 g/mol. The molecule has 1 aromatic rings. The van der Waals surface area contributed by atoms with Gasteiger partial charge in [0.2, 0.25) is 0 Å². The molecule has 1 heterocycles. The van der Waals surface area contributed by atoms with Gasteiger partial charge >= 0.3 is 17.9 Å². The highest BCUT2D eigenvalue weighted by Crippen LogP contribution is 2.44. The number of alkyl halides is 1. The highest BCUT2D eigenvalue weighted by molar-refractivity contribution is 9.10. The molecular weight excluding hydrogens is 684 g/mol. The molecule has 13 heteroatoms. The number of carbonyl (C=O) groups is 3. The Labute approximate surface area is 286 Å². The molecule has 1 aromatic heterocycles. The molecule has 0 saturated heterocycles. The SMILES string of the molecule is COCCOCCOC(=O)C(C)(C)CC(C)(CC(C)(Br)C(=O)OCCSSc1ccccn1)C(=O)OCCN(C(C)C)C(C)C. The normalized spacial score (nSPS) is 14.7. The van der Waals surface area contributed by atoms with Gasteiger partial charge in [0.1, 0.15) is 29.2 Å². The molecule has 0 aromatic carbocycles. The number of aromatic nitrogens is 1. The van der Waals surface area contributed by atoms with Gasteiger partial charge in [-0.2, -0.15) is 0 Å². The lowest BCUT2D eigenvalue weighted by Gasteiger charge is -2.38. The summed E-state index contributed by atoms with van der Waals surface area (Å²) < 4.78 is 26.0. The van der Waals surface area contributed by atoms with Crippen molar-refractivity contribution >= 4 is 55.4 Å². The Bertz CT molecular complexity index is 1020. The third kappa shape index (κ3) is 15.8. The lowest BCUT2D eigenvalue weighted by Crippen LogP contribution is -2.46. The highest BCUT2D eigenvalue weighted by atomic mass is 79.9. The van der Waals surface area contributed by atoms with Gasteiger partial charge in [0.15, 0.2) is 0 Å². The molecule has 1 rings (SSSR count). The highest BCUT2D eigenvalue weighted by Gasteiger charge is 2.49. The maximum atomic E-state index is 13.8. The van der Waals surface area contributed by atoms with Gasteiger partial charge in [-0.3, -0.25) is 19.3 Å². The molecule has 0 aliphatic heterocycles. The molecule has 0 amide bonds. The minimum atomic E-state index is -1.22. The molecule has 45 heavy (non-hydrogen) atoms. The number of esters is 3. The minimum absolute atomic E-state index is 0.0441. The maximum absolute atomic E-state index is 13.8. The maximum Gasteiger partial charge on any atom is 0.322 e.